The van der Waals surface area contributed by atoms with Crippen LogP contribution in [0.3, 0.4) is 0 Å². The Kier molecular flexibility index (Phi) is 4.13. The molecule has 1 aliphatic heterocycles. The lowest BCUT2D eigenvalue weighted by Crippen LogP contribution is -2.55. The molecule has 1 aliphatic rings. The number of hydrogen-bond acceptors (Lipinski definition) is 6. The smallest absolute Gasteiger partial charge is 0.465 e. The summed E-state index contributed by atoms with van der Waals surface area (Å²) in [6.45, 7) is 4.96. The summed E-state index contributed by atoms with van der Waals surface area (Å²) in [7, 11) is 0. The van der Waals surface area contributed by atoms with E-state index in [1.807, 2.05) is 6.07 Å². The molecule has 3 aromatic heterocycles. The Hall–Kier alpha value is -2.16. The van der Waals surface area contributed by atoms with Gasteiger partial charge in [-0.15, -0.1) is 0 Å². The number of nitrogens with zero attached hydrogens (tertiary/aromatic N) is 2. The van der Waals surface area contributed by atoms with Crippen molar-refractivity contribution in [2.24, 2.45) is 0 Å². The van der Waals surface area contributed by atoms with Crippen molar-refractivity contribution < 1.29 is 18.8 Å². The van der Waals surface area contributed by atoms with Gasteiger partial charge in [0.1, 0.15) is 17.7 Å². The number of thiophene rings is 1. The van der Waals surface area contributed by atoms with Crippen LogP contribution >= 0.6 is 11.3 Å². The maximum Gasteiger partial charge on any atom is 0.501 e. The molecule has 0 atom stereocenters. The van der Waals surface area contributed by atoms with Gasteiger partial charge in [0.15, 0.2) is 11.4 Å². The summed E-state index contributed by atoms with van der Waals surface area (Å²) in [4.78, 5) is 14.9. The van der Waals surface area contributed by atoms with Gasteiger partial charge in [-0.05, 0) is 31.5 Å². The minimum Gasteiger partial charge on any atom is -0.465 e. The first-order chi connectivity index (χ1) is 12.4. The molecule has 0 aromatic carbocycles. The summed E-state index contributed by atoms with van der Waals surface area (Å²) in [6, 6.07) is 3.59. The van der Waals surface area contributed by atoms with E-state index in [1.54, 1.807) is 16.9 Å². The van der Waals surface area contributed by atoms with Crippen molar-refractivity contribution in [1.29, 1.82) is 0 Å². The third kappa shape index (κ3) is 2.74. The van der Waals surface area contributed by atoms with E-state index in [0.29, 0.717) is 18.2 Å². The Balaban J connectivity index is 1.99. The number of nitrogens with two attached hydrogens (primary N) is 1. The van der Waals surface area contributed by atoms with E-state index in [1.165, 1.54) is 15.9 Å². The number of aliphatic hydroxyl groups excluding tert-OH is 1. The van der Waals surface area contributed by atoms with Crippen LogP contribution in [0.4, 0.5) is 5.82 Å². The molecule has 7 nitrogen and oxygen atoms in total. The standard InChI is InChI=1S/C18H21N3O4S/c1-18(2)8-12-13(10-25-18)26-16-14(12)15(19)21(9-11-4-3-7-24-11)17(23)20(16)5-6-22/h3-4,7,19,22H,5-6,8-10H2,1-2H3/p+1. The molecule has 0 radical (unpaired) electrons. The molecule has 0 unspecified atom stereocenters. The highest BCUT2D eigenvalue weighted by Gasteiger charge is 2.34. The Morgan fingerprint density at radius 2 is 2.27 bits per heavy atom. The van der Waals surface area contributed by atoms with Gasteiger partial charge in [-0.1, -0.05) is 11.3 Å². The average Bonchev–Trinajstić information content (AvgIpc) is 3.22. The Bertz CT molecular complexity index is 1020. The lowest BCUT2D eigenvalue weighted by atomic mass is 9.94. The maximum absolute atomic E-state index is 13.0. The zero-order valence-electron chi connectivity index (χ0n) is 14.8. The van der Waals surface area contributed by atoms with Crippen molar-refractivity contribution in [2.75, 3.05) is 12.3 Å². The number of hydrogen-bond donors (Lipinski definition) is 2. The highest BCUT2D eigenvalue weighted by Crippen LogP contribution is 2.39. The second-order valence-corrected chi connectivity index (χ2v) is 8.20. The molecule has 0 spiro atoms. The molecule has 0 aliphatic carbocycles. The van der Waals surface area contributed by atoms with E-state index < -0.39 is 0 Å². The third-order valence-electron chi connectivity index (χ3n) is 4.74. The van der Waals surface area contributed by atoms with Gasteiger partial charge >= 0.3 is 5.69 Å². The third-order valence-corrected chi connectivity index (χ3v) is 5.97. The van der Waals surface area contributed by atoms with Crippen LogP contribution in [0.25, 0.3) is 10.2 Å². The van der Waals surface area contributed by atoms with E-state index >= 15 is 0 Å². The molecule has 0 saturated heterocycles. The Morgan fingerprint density at radius 3 is 2.96 bits per heavy atom. The SMILES string of the molecule is CC1(C)Cc2c(sc3c2c(N)n(Cc2ccco2)c(=O)[n+]3CCO)CO1. The Labute approximate surface area is 154 Å². The van der Waals surface area contributed by atoms with Crippen LogP contribution in [0, 0.1) is 0 Å². The summed E-state index contributed by atoms with van der Waals surface area (Å²) in [5.74, 6) is 1.09. The predicted molar refractivity (Wildman–Crippen MR) is 98.2 cm³/mol. The van der Waals surface area contributed by atoms with Crippen molar-refractivity contribution in [1.82, 2.24) is 4.57 Å². The van der Waals surface area contributed by atoms with E-state index in [9.17, 15) is 9.90 Å². The van der Waals surface area contributed by atoms with Crippen LogP contribution in [0.15, 0.2) is 27.6 Å². The van der Waals surface area contributed by atoms with Crippen molar-refractivity contribution in [3.63, 3.8) is 0 Å². The first-order valence-electron chi connectivity index (χ1n) is 8.55. The lowest BCUT2D eigenvalue weighted by molar-refractivity contribution is -0.689. The van der Waals surface area contributed by atoms with Gasteiger partial charge in [0.05, 0.1) is 25.1 Å². The van der Waals surface area contributed by atoms with Gasteiger partial charge in [0.2, 0.25) is 5.82 Å². The summed E-state index contributed by atoms with van der Waals surface area (Å²) < 4.78 is 14.4. The van der Waals surface area contributed by atoms with E-state index in [4.69, 9.17) is 14.9 Å². The molecule has 8 heteroatoms. The molecular weight excluding hydrogens is 354 g/mol. The lowest BCUT2D eigenvalue weighted by Gasteiger charge is -2.29. The molecule has 138 valence electrons. The molecule has 4 heterocycles. The fourth-order valence-electron chi connectivity index (χ4n) is 3.47. The zero-order chi connectivity index (χ0) is 18.5. The van der Waals surface area contributed by atoms with Crippen LogP contribution in [0.2, 0.25) is 0 Å². The number of aromatic nitrogens is 2. The predicted octanol–water partition coefficient (Wildman–Crippen LogP) is 1.42. The summed E-state index contributed by atoms with van der Waals surface area (Å²) in [5, 5.41) is 10.4. The second-order valence-electron chi connectivity index (χ2n) is 7.12. The quantitative estimate of drug-likeness (QED) is 0.672. The molecule has 3 aromatic rings. The summed E-state index contributed by atoms with van der Waals surface area (Å²) in [6.07, 6.45) is 2.30. The first-order valence-corrected chi connectivity index (χ1v) is 9.36. The number of rotatable bonds is 4. The van der Waals surface area contributed by atoms with Gasteiger partial charge in [-0.3, -0.25) is 0 Å². The van der Waals surface area contributed by atoms with Gasteiger partial charge in [0, 0.05) is 11.3 Å². The normalized spacial score (nSPS) is 16.1. The van der Waals surface area contributed by atoms with Crippen molar-refractivity contribution in [3.05, 3.63) is 45.1 Å². The Morgan fingerprint density at radius 1 is 1.46 bits per heavy atom. The minimum atomic E-state index is -0.281. The molecule has 0 fully saturated rings. The van der Waals surface area contributed by atoms with E-state index in [0.717, 1.165) is 27.1 Å². The number of fused-ring (bicyclic) bond motifs is 3. The highest BCUT2D eigenvalue weighted by atomic mass is 32.1. The topological polar surface area (TPSA) is 94.5 Å². The number of ether oxygens (including phenoxy) is 1. The molecule has 26 heavy (non-hydrogen) atoms. The van der Waals surface area contributed by atoms with Gasteiger partial charge in [-0.2, -0.15) is 13.9 Å². The van der Waals surface area contributed by atoms with Crippen molar-refractivity contribution in [3.8, 4) is 0 Å². The first kappa shape index (κ1) is 17.3. The molecule has 4 rings (SSSR count). The van der Waals surface area contributed by atoms with Crippen LogP contribution in [0.5, 0.6) is 0 Å². The maximum atomic E-state index is 13.0. The van der Waals surface area contributed by atoms with E-state index in [-0.39, 0.29) is 31.0 Å². The average molecular weight is 376 g/mol. The molecule has 0 saturated carbocycles. The number of anilines is 1. The van der Waals surface area contributed by atoms with Crippen LogP contribution in [0.1, 0.15) is 30.0 Å². The fraction of sp³-hybridized carbons (Fsp3) is 0.444. The zero-order valence-corrected chi connectivity index (χ0v) is 15.6. The summed E-state index contributed by atoms with van der Waals surface area (Å²) >= 11 is 1.52. The largest absolute Gasteiger partial charge is 0.501 e. The fourth-order valence-corrected chi connectivity index (χ4v) is 4.73. The number of furan rings is 1. The van der Waals surface area contributed by atoms with Crippen LogP contribution < -0.4 is 16.0 Å². The van der Waals surface area contributed by atoms with E-state index in [2.05, 4.69) is 13.8 Å². The number of nitrogen functional groups attached to an aromatic ring is 1. The highest BCUT2D eigenvalue weighted by molar-refractivity contribution is 7.18. The minimum absolute atomic E-state index is 0.121. The van der Waals surface area contributed by atoms with Gasteiger partial charge in [-0.25, -0.2) is 0 Å². The summed E-state index contributed by atoms with van der Waals surface area (Å²) in [5.41, 5.74) is 7.08. The number of aliphatic hydroxyl groups is 1. The molecular formula is C18H22N3O4S+. The molecule has 3 N–H and O–H groups in total. The second kappa shape index (κ2) is 6.22. The van der Waals surface area contributed by atoms with Crippen LogP contribution in [-0.4, -0.2) is 21.9 Å². The molecule has 0 bridgehead atoms. The molecule has 0 amide bonds. The van der Waals surface area contributed by atoms with Gasteiger partial charge < -0.3 is 20.0 Å². The van der Waals surface area contributed by atoms with Crippen molar-refractivity contribution >= 4 is 27.4 Å². The monoisotopic (exact) mass is 376 g/mol. The van der Waals surface area contributed by atoms with Crippen molar-refractivity contribution in [2.45, 2.75) is 45.6 Å². The van der Waals surface area contributed by atoms with Crippen LogP contribution in [-0.2, 0) is 30.9 Å². The van der Waals surface area contributed by atoms with Gasteiger partial charge in [0.25, 0.3) is 0 Å².